The van der Waals surface area contributed by atoms with Crippen molar-refractivity contribution in [1.29, 1.82) is 0 Å². The molecule has 0 N–H and O–H groups in total. The topological polar surface area (TPSA) is 37.4 Å². The molecule has 17 heavy (non-hydrogen) atoms. The Balaban J connectivity index is 3.26. The van der Waals surface area contributed by atoms with Crippen LogP contribution in [0.2, 0.25) is 0 Å². The number of nitrogens with zero attached hydrogens (tertiary/aromatic N) is 1. The van der Waals surface area contributed by atoms with Gasteiger partial charge in [-0.05, 0) is 34.6 Å². The largest absolute Gasteiger partial charge is 0.269 e. The summed E-state index contributed by atoms with van der Waals surface area (Å²) in [6, 6.07) is 6.41. The van der Waals surface area contributed by atoms with Crippen molar-refractivity contribution < 1.29 is 12.9 Å². The van der Waals surface area contributed by atoms with E-state index in [0.717, 1.165) is 5.56 Å². The van der Waals surface area contributed by atoms with Gasteiger partial charge in [-0.2, -0.15) is 0 Å². The smallest absolute Gasteiger partial charge is 0.205 e. The Morgan fingerprint density at radius 1 is 1.29 bits per heavy atom. The molecular formula is C12H18FNO2S. The van der Waals surface area contributed by atoms with E-state index in [4.69, 9.17) is 0 Å². The molecular weight excluding hydrogens is 241 g/mol. The highest BCUT2D eigenvalue weighted by Crippen LogP contribution is 2.25. The third-order valence-electron chi connectivity index (χ3n) is 2.51. The van der Waals surface area contributed by atoms with Crippen LogP contribution in [-0.4, -0.2) is 19.5 Å². The summed E-state index contributed by atoms with van der Waals surface area (Å²) in [5, 5.41) is 0. The van der Waals surface area contributed by atoms with Crippen molar-refractivity contribution >= 4 is 10.0 Å². The predicted octanol–water partition coefficient (Wildman–Crippen LogP) is 2.88. The molecule has 0 spiro atoms. The molecule has 0 saturated heterocycles. The van der Waals surface area contributed by atoms with Gasteiger partial charge in [-0.3, -0.25) is 0 Å². The molecule has 0 heterocycles. The Morgan fingerprint density at radius 2 is 1.88 bits per heavy atom. The van der Waals surface area contributed by atoms with E-state index in [-0.39, 0.29) is 21.4 Å². The van der Waals surface area contributed by atoms with E-state index in [1.165, 1.54) is 19.1 Å². The minimum absolute atomic E-state index is 0.00530. The third-order valence-corrected chi connectivity index (χ3v) is 4.14. The average Bonchev–Trinajstić information content (AvgIpc) is 2.27. The Bertz CT molecular complexity index is 491. The van der Waals surface area contributed by atoms with Crippen molar-refractivity contribution in [2.24, 2.45) is 0 Å². The van der Waals surface area contributed by atoms with Crippen molar-refractivity contribution in [2.45, 2.75) is 38.0 Å². The number of benzene rings is 1. The first-order chi connectivity index (χ1) is 7.69. The van der Waals surface area contributed by atoms with Crippen LogP contribution >= 0.6 is 0 Å². The molecule has 1 aromatic carbocycles. The van der Waals surface area contributed by atoms with Crippen LogP contribution in [0.1, 0.15) is 33.3 Å². The van der Waals surface area contributed by atoms with Crippen LogP contribution in [0, 0.1) is 0 Å². The van der Waals surface area contributed by atoms with Crippen LogP contribution in [0.5, 0.6) is 0 Å². The van der Waals surface area contributed by atoms with E-state index in [0.29, 0.717) is 0 Å². The zero-order valence-electron chi connectivity index (χ0n) is 10.6. The summed E-state index contributed by atoms with van der Waals surface area (Å²) in [6.07, 6.45) is 0. The van der Waals surface area contributed by atoms with Gasteiger partial charge in [0, 0.05) is 6.54 Å². The molecule has 0 saturated carbocycles. The monoisotopic (exact) mass is 259 g/mol. The second-order valence-electron chi connectivity index (χ2n) is 4.89. The van der Waals surface area contributed by atoms with Gasteiger partial charge in [0.2, 0.25) is 0 Å². The van der Waals surface area contributed by atoms with Gasteiger partial charge in [-0.1, -0.05) is 32.9 Å². The van der Waals surface area contributed by atoms with E-state index in [1.807, 2.05) is 26.8 Å². The highest BCUT2D eigenvalue weighted by atomic mass is 32.2. The number of hydrogen-bond donors (Lipinski definition) is 0. The summed E-state index contributed by atoms with van der Waals surface area (Å²) in [5.74, 6) is 0. The summed E-state index contributed by atoms with van der Waals surface area (Å²) in [7, 11) is -4.01. The van der Waals surface area contributed by atoms with Crippen LogP contribution in [0.25, 0.3) is 0 Å². The molecule has 3 nitrogen and oxygen atoms in total. The first kappa shape index (κ1) is 14.1. The lowest BCUT2D eigenvalue weighted by atomic mass is 9.87. The standard InChI is InChI=1S/C12H18FNO2S/c1-5-14(13)17(15,16)11-8-6-7-10(9-11)12(2,3)4/h6-9H,5H2,1-4H3. The summed E-state index contributed by atoms with van der Waals surface area (Å²) < 4.78 is 36.7. The molecule has 96 valence electrons. The van der Waals surface area contributed by atoms with Crippen molar-refractivity contribution in [3.63, 3.8) is 0 Å². The molecule has 1 aromatic rings. The van der Waals surface area contributed by atoms with Gasteiger partial charge in [0.15, 0.2) is 0 Å². The molecule has 1 rings (SSSR count). The molecule has 0 aliphatic heterocycles. The van der Waals surface area contributed by atoms with E-state index in [1.54, 1.807) is 6.07 Å². The van der Waals surface area contributed by atoms with E-state index >= 15 is 0 Å². The zero-order chi connectivity index (χ0) is 13.3. The average molecular weight is 259 g/mol. The van der Waals surface area contributed by atoms with Crippen molar-refractivity contribution in [3.05, 3.63) is 29.8 Å². The van der Waals surface area contributed by atoms with E-state index in [2.05, 4.69) is 0 Å². The van der Waals surface area contributed by atoms with Gasteiger partial charge in [0.1, 0.15) is 0 Å². The van der Waals surface area contributed by atoms with E-state index < -0.39 is 10.0 Å². The van der Waals surface area contributed by atoms with Gasteiger partial charge >= 0.3 is 0 Å². The van der Waals surface area contributed by atoms with Crippen molar-refractivity contribution in [3.8, 4) is 0 Å². The maximum absolute atomic E-state index is 13.3. The number of rotatable bonds is 3. The Labute approximate surface area is 102 Å². The quantitative estimate of drug-likeness (QED) is 0.783. The minimum Gasteiger partial charge on any atom is -0.205 e. The van der Waals surface area contributed by atoms with Crippen molar-refractivity contribution in [2.75, 3.05) is 6.54 Å². The highest BCUT2D eigenvalue weighted by molar-refractivity contribution is 7.89. The fraction of sp³-hybridized carbons (Fsp3) is 0.500. The molecule has 0 unspecified atom stereocenters. The second-order valence-corrected chi connectivity index (χ2v) is 6.70. The number of halogens is 1. The maximum Gasteiger partial charge on any atom is 0.269 e. The third kappa shape index (κ3) is 3.04. The van der Waals surface area contributed by atoms with Gasteiger partial charge in [0.05, 0.1) is 4.90 Å². The highest BCUT2D eigenvalue weighted by Gasteiger charge is 2.24. The van der Waals surface area contributed by atoms with Gasteiger partial charge in [-0.15, -0.1) is 4.48 Å². The van der Waals surface area contributed by atoms with Gasteiger partial charge in [-0.25, -0.2) is 8.42 Å². The maximum atomic E-state index is 13.3. The van der Waals surface area contributed by atoms with Gasteiger partial charge < -0.3 is 0 Å². The molecule has 0 aliphatic rings. The lowest BCUT2D eigenvalue weighted by molar-refractivity contribution is 0.147. The summed E-state index contributed by atoms with van der Waals surface area (Å²) in [4.78, 5) is -0.00530. The van der Waals surface area contributed by atoms with E-state index in [9.17, 15) is 12.9 Å². The molecule has 5 heteroatoms. The molecule has 0 bridgehead atoms. The Morgan fingerprint density at radius 3 is 2.35 bits per heavy atom. The normalized spacial score (nSPS) is 13.1. The lowest BCUT2D eigenvalue weighted by Crippen LogP contribution is -2.23. The molecule has 0 fully saturated rings. The SMILES string of the molecule is CCN(F)S(=O)(=O)c1cccc(C(C)(C)C)c1. The molecule has 0 amide bonds. The lowest BCUT2D eigenvalue weighted by Gasteiger charge is -2.20. The van der Waals surface area contributed by atoms with Crippen LogP contribution in [0.15, 0.2) is 29.2 Å². The fourth-order valence-electron chi connectivity index (χ4n) is 1.41. The van der Waals surface area contributed by atoms with Crippen LogP contribution in [0.4, 0.5) is 4.48 Å². The summed E-state index contributed by atoms with van der Waals surface area (Å²) in [6.45, 7) is 7.19. The molecule has 0 atom stereocenters. The Kier molecular flexibility index (Phi) is 3.94. The molecule has 0 aromatic heterocycles. The first-order valence-electron chi connectivity index (χ1n) is 5.48. The number of hydrogen-bond acceptors (Lipinski definition) is 2. The minimum atomic E-state index is -4.01. The summed E-state index contributed by atoms with van der Waals surface area (Å²) in [5.41, 5.74) is 0.696. The summed E-state index contributed by atoms with van der Waals surface area (Å²) >= 11 is 0. The first-order valence-corrected chi connectivity index (χ1v) is 6.92. The van der Waals surface area contributed by atoms with Crippen LogP contribution < -0.4 is 0 Å². The number of sulfonamides is 1. The molecule has 0 aliphatic carbocycles. The molecule has 0 radical (unpaired) electrons. The zero-order valence-corrected chi connectivity index (χ0v) is 11.4. The van der Waals surface area contributed by atoms with Crippen molar-refractivity contribution in [1.82, 2.24) is 4.53 Å². The predicted molar refractivity (Wildman–Crippen MR) is 65.8 cm³/mol. The van der Waals surface area contributed by atoms with Crippen LogP contribution in [-0.2, 0) is 15.4 Å². The Hall–Kier alpha value is -0.940. The van der Waals surface area contributed by atoms with Crippen LogP contribution in [0.3, 0.4) is 0 Å². The second kappa shape index (κ2) is 4.74. The van der Waals surface area contributed by atoms with Gasteiger partial charge in [0.25, 0.3) is 10.0 Å². The fourth-order valence-corrected chi connectivity index (χ4v) is 2.50.